The Hall–Kier alpha value is -7.01. The summed E-state index contributed by atoms with van der Waals surface area (Å²) >= 11 is 0. The van der Waals surface area contributed by atoms with Crippen LogP contribution in [0.3, 0.4) is 0 Å². The van der Waals surface area contributed by atoms with E-state index in [2.05, 4.69) is 38.7 Å². The summed E-state index contributed by atoms with van der Waals surface area (Å²) in [6.07, 6.45) is -1.09. The molecule has 0 aliphatic heterocycles. The molecule has 1 aliphatic carbocycles. The lowest BCUT2D eigenvalue weighted by atomic mass is 9.98. The fourth-order valence-corrected chi connectivity index (χ4v) is 6.54. The van der Waals surface area contributed by atoms with Crippen LogP contribution in [-0.4, -0.2) is 73.3 Å². The van der Waals surface area contributed by atoms with Gasteiger partial charge in [-0.1, -0.05) is 74.5 Å². The Bertz CT molecular complexity index is 2070. The summed E-state index contributed by atoms with van der Waals surface area (Å²) in [5, 5.41) is 24.8. The fraction of sp³-hybridized carbons (Fsp3) is 0.310. The molecule has 2 atom stereocenters. The smallest absolute Gasteiger partial charge is 0.449 e. The van der Waals surface area contributed by atoms with Gasteiger partial charge in [0, 0.05) is 43.4 Å². The molecule has 4 aromatic carbocycles. The lowest BCUT2D eigenvalue weighted by Gasteiger charge is -2.25. The average molecular weight is 810 g/mol. The molecule has 0 bridgehead atoms. The molecular formula is C42H47N7O10. The maximum absolute atomic E-state index is 13.6. The number of rotatable bonds is 19. The van der Waals surface area contributed by atoms with Crippen LogP contribution in [0.1, 0.15) is 49.3 Å². The van der Waals surface area contributed by atoms with Gasteiger partial charge in [0.25, 0.3) is 5.69 Å². The SMILES string of the molecule is CC(C)[C@H](NCCNC(=O)OCC1c2ccccc2-c2ccccc21)C(=O)N[C@@H](CCCNC(N)=O)C(=O)Nc1ccc(COC(=O)Oc2ccc([N+](=O)[O-])cc2)cc1. The van der Waals surface area contributed by atoms with Crippen molar-refractivity contribution in [3.8, 4) is 16.9 Å². The van der Waals surface area contributed by atoms with E-state index in [-0.39, 0.29) is 62.5 Å². The second-order valence-electron chi connectivity index (χ2n) is 14.0. The molecule has 7 N–H and O–H groups in total. The first kappa shape index (κ1) is 43.1. The minimum atomic E-state index is -1.01. The quantitative estimate of drug-likeness (QED) is 0.0232. The van der Waals surface area contributed by atoms with Gasteiger partial charge < -0.3 is 46.5 Å². The van der Waals surface area contributed by atoms with Gasteiger partial charge in [0.2, 0.25) is 11.8 Å². The molecule has 1 aliphatic rings. The number of ether oxygens (including phenoxy) is 3. The number of hydrogen-bond acceptors (Lipinski definition) is 11. The minimum absolute atomic E-state index is 0.0734. The molecule has 310 valence electrons. The van der Waals surface area contributed by atoms with Crippen molar-refractivity contribution >= 4 is 41.5 Å². The first-order valence-electron chi connectivity index (χ1n) is 19.0. The van der Waals surface area contributed by atoms with Crippen molar-refractivity contribution in [2.45, 2.75) is 51.3 Å². The summed E-state index contributed by atoms with van der Waals surface area (Å²) in [7, 11) is 0. The molecule has 0 heterocycles. The van der Waals surface area contributed by atoms with E-state index in [9.17, 15) is 34.1 Å². The van der Waals surface area contributed by atoms with Gasteiger partial charge in [-0.25, -0.2) is 14.4 Å². The van der Waals surface area contributed by atoms with Crippen LogP contribution in [0.25, 0.3) is 11.1 Å². The zero-order chi connectivity index (χ0) is 42.3. The van der Waals surface area contributed by atoms with E-state index in [4.69, 9.17) is 19.9 Å². The number of nitrogens with two attached hydrogens (primary N) is 1. The van der Waals surface area contributed by atoms with Crippen molar-refractivity contribution < 1.29 is 43.1 Å². The molecule has 17 nitrogen and oxygen atoms in total. The lowest BCUT2D eigenvalue weighted by Crippen LogP contribution is -2.54. The Morgan fingerprint density at radius 2 is 1.42 bits per heavy atom. The summed E-state index contributed by atoms with van der Waals surface area (Å²) in [5.74, 6) is -1.13. The molecular weight excluding hydrogens is 763 g/mol. The highest BCUT2D eigenvalue weighted by atomic mass is 16.7. The van der Waals surface area contributed by atoms with E-state index >= 15 is 0 Å². The Labute approximate surface area is 340 Å². The fourth-order valence-electron chi connectivity index (χ4n) is 6.54. The predicted molar refractivity (Wildman–Crippen MR) is 217 cm³/mol. The Morgan fingerprint density at radius 3 is 2.03 bits per heavy atom. The number of alkyl carbamates (subject to hydrolysis) is 1. The van der Waals surface area contributed by atoms with Gasteiger partial charge in [0.15, 0.2) is 0 Å². The number of amides is 5. The van der Waals surface area contributed by atoms with Crippen molar-refractivity contribution in [3.05, 3.63) is 124 Å². The standard InChI is InChI=1S/C42H47N7O10/c1-26(2)37(44-22-23-46-41(53)57-25-35-33-10-5-3-8-31(33)32-9-4-6-11-34(32)35)39(51)48-36(12-7-21-45-40(43)52)38(50)47-28-15-13-27(14-16-28)24-58-42(54)59-30-19-17-29(18-20-30)49(55)56/h3-6,8-11,13-20,26,35-37,44H,7,12,21-25H2,1-2H3,(H,46,53)(H,47,50)(H,48,51)(H3,43,45,52)/t36-,37-/m0/s1. The topological polar surface area (TPSA) is 242 Å². The number of carbonyl (C=O) groups is 5. The zero-order valence-corrected chi connectivity index (χ0v) is 32.6. The Balaban J connectivity index is 1.09. The summed E-state index contributed by atoms with van der Waals surface area (Å²) < 4.78 is 15.8. The van der Waals surface area contributed by atoms with Crippen molar-refractivity contribution in [1.29, 1.82) is 0 Å². The number of nitrogens with zero attached hydrogens (tertiary/aromatic N) is 1. The molecule has 5 rings (SSSR count). The number of nitro benzene ring substituents is 1. The summed E-state index contributed by atoms with van der Waals surface area (Å²) in [6.45, 7) is 4.32. The van der Waals surface area contributed by atoms with Crippen LogP contribution in [0.15, 0.2) is 97.1 Å². The zero-order valence-electron chi connectivity index (χ0n) is 32.6. The predicted octanol–water partition coefficient (Wildman–Crippen LogP) is 5.34. The van der Waals surface area contributed by atoms with Gasteiger partial charge in [-0.3, -0.25) is 19.7 Å². The highest BCUT2D eigenvalue weighted by Gasteiger charge is 2.30. The molecule has 4 aromatic rings. The van der Waals surface area contributed by atoms with Crippen LogP contribution < -0.4 is 37.1 Å². The van der Waals surface area contributed by atoms with Crippen molar-refractivity contribution in [1.82, 2.24) is 21.3 Å². The first-order chi connectivity index (χ1) is 28.4. The number of non-ortho nitro benzene ring substituents is 1. The molecule has 0 saturated carbocycles. The van der Waals surface area contributed by atoms with Gasteiger partial charge in [-0.05, 0) is 70.8 Å². The second-order valence-corrected chi connectivity index (χ2v) is 14.0. The number of nitro groups is 1. The van der Waals surface area contributed by atoms with E-state index in [0.717, 1.165) is 22.3 Å². The van der Waals surface area contributed by atoms with Crippen LogP contribution in [-0.2, 0) is 25.7 Å². The second kappa shape index (κ2) is 20.9. The number of carbonyl (C=O) groups excluding carboxylic acids is 5. The number of urea groups is 1. The van der Waals surface area contributed by atoms with Crippen LogP contribution in [0.2, 0.25) is 0 Å². The van der Waals surface area contributed by atoms with Crippen LogP contribution in [0, 0.1) is 16.0 Å². The van der Waals surface area contributed by atoms with E-state index in [1.807, 2.05) is 50.2 Å². The van der Waals surface area contributed by atoms with Gasteiger partial charge in [-0.15, -0.1) is 0 Å². The number of nitrogens with one attached hydrogen (secondary N) is 5. The number of anilines is 1. The highest BCUT2D eigenvalue weighted by Crippen LogP contribution is 2.44. The molecule has 0 fully saturated rings. The molecule has 17 heteroatoms. The van der Waals surface area contributed by atoms with Crippen LogP contribution in [0.4, 0.5) is 25.8 Å². The molecule has 0 saturated heterocycles. The Morgan fingerprint density at radius 1 is 0.780 bits per heavy atom. The molecule has 59 heavy (non-hydrogen) atoms. The van der Waals surface area contributed by atoms with Crippen molar-refractivity contribution in [2.75, 3.05) is 31.6 Å². The molecule has 0 aromatic heterocycles. The summed E-state index contributed by atoms with van der Waals surface area (Å²) in [5.41, 5.74) is 10.5. The van der Waals surface area contributed by atoms with E-state index in [1.54, 1.807) is 24.3 Å². The summed E-state index contributed by atoms with van der Waals surface area (Å²) in [6, 6.07) is 25.1. The number of primary amides is 1. The maximum atomic E-state index is 13.6. The minimum Gasteiger partial charge on any atom is -0.449 e. The van der Waals surface area contributed by atoms with Crippen molar-refractivity contribution in [3.63, 3.8) is 0 Å². The number of benzene rings is 4. The van der Waals surface area contributed by atoms with Gasteiger partial charge >= 0.3 is 18.3 Å². The third-order valence-electron chi connectivity index (χ3n) is 9.48. The highest BCUT2D eigenvalue weighted by molar-refractivity contribution is 5.98. The van der Waals surface area contributed by atoms with Crippen LogP contribution >= 0.6 is 0 Å². The summed E-state index contributed by atoms with van der Waals surface area (Å²) in [4.78, 5) is 73.3. The van der Waals surface area contributed by atoms with Gasteiger partial charge in [0.1, 0.15) is 25.0 Å². The molecule has 0 unspecified atom stereocenters. The number of fused-ring (bicyclic) bond motifs is 3. The average Bonchev–Trinajstić information content (AvgIpc) is 3.54. The largest absolute Gasteiger partial charge is 0.514 e. The maximum Gasteiger partial charge on any atom is 0.514 e. The third-order valence-corrected chi connectivity index (χ3v) is 9.48. The number of hydrogen-bond donors (Lipinski definition) is 6. The third kappa shape index (κ3) is 12.5. The monoisotopic (exact) mass is 809 g/mol. The van der Waals surface area contributed by atoms with Gasteiger partial charge in [0.05, 0.1) is 11.0 Å². The van der Waals surface area contributed by atoms with E-state index in [1.165, 1.54) is 24.3 Å². The van der Waals surface area contributed by atoms with E-state index < -0.39 is 47.1 Å². The molecule has 5 amide bonds. The van der Waals surface area contributed by atoms with Crippen molar-refractivity contribution in [2.24, 2.45) is 11.7 Å². The normalized spacial score (nSPS) is 12.6. The van der Waals surface area contributed by atoms with E-state index in [0.29, 0.717) is 17.7 Å². The Kier molecular flexibility index (Phi) is 15.3. The lowest BCUT2D eigenvalue weighted by molar-refractivity contribution is -0.384. The molecule has 0 radical (unpaired) electrons. The van der Waals surface area contributed by atoms with Crippen LogP contribution in [0.5, 0.6) is 5.75 Å². The first-order valence-corrected chi connectivity index (χ1v) is 19.0. The molecule has 0 spiro atoms. The van der Waals surface area contributed by atoms with Gasteiger partial charge in [-0.2, -0.15) is 0 Å².